The minimum atomic E-state index is -0.289. The molecule has 0 saturated carbocycles. The molecule has 0 unspecified atom stereocenters. The molecule has 1 aliphatic rings. The Morgan fingerprint density at radius 2 is 1.55 bits per heavy atom. The molecule has 0 bridgehead atoms. The fourth-order valence-corrected chi connectivity index (χ4v) is 3.64. The fourth-order valence-electron chi connectivity index (χ4n) is 3.64. The Labute approximate surface area is 196 Å². The fraction of sp³-hybridized carbons (Fsp3) is 0.321. The molecule has 0 spiro atoms. The number of rotatable bonds is 5. The normalized spacial score (nSPS) is 17.3. The van der Waals surface area contributed by atoms with E-state index in [4.69, 9.17) is 0 Å². The Balaban J connectivity index is 1.61. The zero-order chi connectivity index (χ0) is 24.2. The second-order valence-corrected chi connectivity index (χ2v) is 9.73. The number of hydrogen-bond acceptors (Lipinski definition) is 3. The van der Waals surface area contributed by atoms with Gasteiger partial charge in [-0.1, -0.05) is 51.1 Å². The van der Waals surface area contributed by atoms with E-state index in [-0.39, 0.29) is 17.2 Å². The van der Waals surface area contributed by atoms with Crippen molar-refractivity contribution in [1.82, 2.24) is 5.43 Å². The van der Waals surface area contributed by atoms with E-state index < -0.39 is 0 Å². The monoisotopic (exact) mass is 443 g/mol. The molecule has 2 amide bonds. The first-order chi connectivity index (χ1) is 15.5. The van der Waals surface area contributed by atoms with Crippen molar-refractivity contribution in [2.45, 2.75) is 52.9 Å². The van der Waals surface area contributed by atoms with E-state index in [9.17, 15) is 9.59 Å². The molecule has 2 aromatic carbocycles. The van der Waals surface area contributed by atoms with Crippen LogP contribution in [0.2, 0.25) is 0 Å². The predicted octanol–water partition coefficient (Wildman–Crippen LogP) is 6.25. The summed E-state index contributed by atoms with van der Waals surface area (Å²) in [6, 6.07) is 14.4. The molecule has 172 valence electrons. The van der Waals surface area contributed by atoms with Crippen LogP contribution in [0.15, 0.2) is 77.4 Å². The summed E-state index contributed by atoms with van der Waals surface area (Å²) >= 11 is 0. The van der Waals surface area contributed by atoms with E-state index in [0.717, 1.165) is 29.7 Å². The van der Waals surface area contributed by atoms with Crippen molar-refractivity contribution < 1.29 is 9.59 Å². The molecular formula is C28H33N3O2. The standard InChI is InChI=1S/C28H33N3O2/c1-18(2)22-8-7-19(3)25(17-22)30-31-27(33)21-11-15-24(16-12-21)29-26(32)20-9-13-23(14-10-20)28(4,5)6/h7,9-16,22H,1,8,17H2,2-6H3,(H,29,32)(H,31,33)/b30-25-/t22-/m0/s1. The Morgan fingerprint density at radius 1 is 0.970 bits per heavy atom. The molecule has 1 atom stereocenters. The van der Waals surface area contributed by atoms with E-state index in [1.165, 1.54) is 5.56 Å². The number of amides is 2. The van der Waals surface area contributed by atoms with Gasteiger partial charge < -0.3 is 5.32 Å². The molecule has 0 radical (unpaired) electrons. The number of allylic oxidation sites excluding steroid dienone is 3. The minimum Gasteiger partial charge on any atom is -0.322 e. The maximum absolute atomic E-state index is 12.6. The molecule has 0 heterocycles. The van der Waals surface area contributed by atoms with Crippen LogP contribution in [0.1, 0.15) is 73.7 Å². The van der Waals surface area contributed by atoms with E-state index in [0.29, 0.717) is 22.7 Å². The first-order valence-corrected chi connectivity index (χ1v) is 11.3. The van der Waals surface area contributed by atoms with E-state index in [2.05, 4.69) is 49.3 Å². The first-order valence-electron chi connectivity index (χ1n) is 11.3. The minimum absolute atomic E-state index is 0.0362. The maximum atomic E-state index is 12.6. The lowest BCUT2D eigenvalue weighted by Gasteiger charge is -2.22. The van der Waals surface area contributed by atoms with Crippen LogP contribution in [0.25, 0.3) is 0 Å². The zero-order valence-corrected chi connectivity index (χ0v) is 20.2. The van der Waals surface area contributed by atoms with Crippen molar-refractivity contribution in [2.75, 3.05) is 5.32 Å². The summed E-state index contributed by atoms with van der Waals surface area (Å²) in [5.41, 5.74) is 8.64. The van der Waals surface area contributed by atoms with Gasteiger partial charge >= 0.3 is 0 Å². The molecule has 5 nitrogen and oxygen atoms in total. The van der Waals surface area contributed by atoms with Gasteiger partial charge in [-0.15, -0.1) is 0 Å². The van der Waals surface area contributed by atoms with Crippen molar-refractivity contribution in [1.29, 1.82) is 0 Å². The Hall–Kier alpha value is -3.47. The molecule has 5 heteroatoms. The lowest BCUT2D eigenvalue weighted by molar-refractivity contribution is 0.0954. The number of carbonyl (C=O) groups is 2. The van der Waals surface area contributed by atoms with Gasteiger partial charge in [-0.05, 0) is 85.6 Å². The van der Waals surface area contributed by atoms with Crippen molar-refractivity contribution in [3.8, 4) is 0 Å². The third-order valence-corrected chi connectivity index (χ3v) is 6.01. The summed E-state index contributed by atoms with van der Waals surface area (Å²) in [4.78, 5) is 25.1. The molecule has 33 heavy (non-hydrogen) atoms. The maximum Gasteiger partial charge on any atom is 0.271 e. The van der Waals surface area contributed by atoms with Gasteiger partial charge in [0.2, 0.25) is 0 Å². The Morgan fingerprint density at radius 3 is 2.12 bits per heavy atom. The van der Waals surface area contributed by atoms with Crippen molar-refractivity contribution in [3.63, 3.8) is 0 Å². The summed E-state index contributed by atoms with van der Waals surface area (Å²) in [5, 5.41) is 7.22. The predicted molar refractivity (Wildman–Crippen MR) is 136 cm³/mol. The van der Waals surface area contributed by atoms with Gasteiger partial charge in [0.05, 0.1) is 5.71 Å². The number of carbonyl (C=O) groups excluding carboxylic acids is 2. The number of nitrogens with zero attached hydrogens (tertiary/aromatic N) is 1. The summed E-state index contributed by atoms with van der Waals surface area (Å²) in [6.45, 7) is 14.5. The van der Waals surface area contributed by atoms with E-state index in [1.54, 1.807) is 24.3 Å². The van der Waals surface area contributed by atoms with Crippen molar-refractivity contribution >= 4 is 23.2 Å². The van der Waals surface area contributed by atoms with Crippen LogP contribution in [0.3, 0.4) is 0 Å². The second-order valence-electron chi connectivity index (χ2n) is 9.73. The second kappa shape index (κ2) is 9.99. The van der Waals surface area contributed by atoms with Crippen molar-refractivity contribution in [2.24, 2.45) is 11.0 Å². The summed E-state index contributed by atoms with van der Waals surface area (Å²) < 4.78 is 0. The number of anilines is 1. The van der Waals surface area contributed by atoms with Gasteiger partial charge in [0.25, 0.3) is 11.8 Å². The van der Waals surface area contributed by atoms with Crippen LogP contribution < -0.4 is 10.7 Å². The summed E-state index contributed by atoms with van der Waals surface area (Å²) in [5.74, 6) is -0.119. The molecule has 0 saturated heterocycles. The van der Waals surface area contributed by atoms with Gasteiger partial charge in [0.1, 0.15) is 0 Å². The molecule has 1 aliphatic carbocycles. The van der Waals surface area contributed by atoms with Crippen LogP contribution in [-0.2, 0) is 5.41 Å². The van der Waals surface area contributed by atoms with Crippen LogP contribution in [0, 0.1) is 5.92 Å². The third-order valence-electron chi connectivity index (χ3n) is 6.01. The van der Waals surface area contributed by atoms with Crippen LogP contribution >= 0.6 is 0 Å². The lowest BCUT2D eigenvalue weighted by Crippen LogP contribution is -2.23. The highest BCUT2D eigenvalue weighted by Crippen LogP contribution is 2.26. The molecule has 2 N–H and O–H groups in total. The van der Waals surface area contributed by atoms with E-state index >= 15 is 0 Å². The van der Waals surface area contributed by atoms with Gasteiger partial charge in [0.15, 0.2) is 0 Å². The van der Waals surface area contributed by atoms with Crippen molar-refractivity contribution in [3.05, 3.63) is 89.0 Å². The van der Waals surface area contributed by atoms with Crippen LogP contribution in [0.5, 0.6) is 0 Å². The summed E-state index contributed by atoms with van der Waals surface area (Å²) in [6.07, 6.45) is 3.88. The van der Waals surface area contributed by atoms with Crippen LogP contribution in [-0.4, -0.2) is 17.5 Å². The number of hydrazone groups is 1. The highest BCUT2D eigenvalue weighted by molar-refractivity contribution is 6.05. The van der Waals surface area contributed by atoms with Gasteiger partial charge in [0, 0.05) is 16.8 Å². The molecular weight excluding hydrogens is 410 g/mol. The topological polar surface area (TPSA) is 70.6 Å². The molecule has 0 aliphatic heterocycles. The lowest BCUT2D eigenvalue weighted by atomic mass is 9.85. The third kappa shape index (κ3) is 6.28. The highest BCUT2D eigenvalue weighted by Gasteiger charge is 2.19. The van der Waals surface area contributed by atoms with E-state index in [1.807, 2.05) is 38.1 Å². The molecule has 2 aromatic rings. The molecule has 0 aromatic heterocycles. The number of benzene rings is 2. The largest absolute Gasteiger partial charge is 0.322 e. The zero-order valence-electron chi connectivity index (χ0n) is 20.2. The highest BCUT2D eigenvalue weighted by atomic mass is 16.2. The number of nitrogens with one attached hydrogen (secondary N) is 2. The average molecular weight is 444 g/mol. The Kier molecular flexibility index (Phi) is 7.32. The van der Waals surface area contributed by atoms with Gasteiger partial charge in [-0.2, -0.15) is 5.10 Å². The van der Waals surface area contributed by atoms with Gasteiger partial charge in [-0.3, -0.25) is 9.59 Å². The average Bonchev–Trinajstić information content (AvgIpc) is 2.78. The number of hydrogen-bond donors (Lipinski definition) is 2. The quantitative estimate of drug-likeness (QED) is 0.423. The first kappa shape index (κ1) is 24.2. The van der Waals surface area contributed by atoms with Crippen LogP contribution in [0.4, 0.5) is 5.69 Å². The summed E-state index contributed by atoms with van der Waals surface area (Å²) in [7, 11) is 0. The SMILES string of the molecule is C=C(C)[C@H]1CC=C(C)/C(=N\NC(=O)c2ccc(NC(=O)c3ccc(C(C)(C)C)cc3)cc2)C1. The Bertz CT molecular complexity index is 1100. The molecule has 0 fully saturated rings. The smallest absolute Gasteiger partial charge is 0.271 e. The molecule has 3 rings (SSSR count). The van der Waals surface area contributed by atoms with Gasteiger partial charge in [-0.25, -0.2) is 5.43 Å².